The van der Waals surface area contributed by atoms with Gasteiger partial charge in [-0.15, -0.1) is 0 Å². The molecular formula is C43H64N2O6. The summed E-state index contributed by atoms with van der Waals surface area (Å²) in [5.41, 5.74) is 0.966. The van der Waals surface area contributed by atoms with Gasteiger partial charge >= 0.3 is 0 Å². The van der Waals surface area contributed by atoms with E-state index in [1.54, 1.807) is 6.07 Å². The molecule has 7 aliphatic rings. The number of ether oxygens (including phenoxy) is 1. The summed E-state index contributed by atoms with van der Waals surface area (Å²) >= 11 is 0. The Bertz CT molecular complexity index is 1660. The molecule has 5 N–H and O–H groups in total. The van der Waals surface area contributed by atoms with Gasteiger partial charge in [-0.2, -0.15) is 0 Å². The number of nitrogens with one attached hydrogen (secondary N) is 2. The number of carbonyl (C=O) groups is 2. The molecule has 51 heavy (non-hydrogen) atoms. The van der Waals surface area contributed by atoms with Crippen molar-refractivity contribution in [3.63, 3.8) is 0 Å². The molecule has 1 aromatic rings. The van der Waals surface area contributed by atoms with Crippen molar-refractivity contribution < 1.29 is 29.6 Å². The first-order valence-corrected chi connectivity index (χ1v) is 19.7. The number of phenolic OH excluding ortho intramolecular Hbond substituents is 1. The maximum atomic E-state index is 15.3. The van der Waals surface area contributed by atoms with Crippen LogP contribution in [0.25, 0.3) is 0 Å². The molecule has 0 spiro atoms. The van der Waals surface area contributed by atoms with Gasteiger partial charge in [-0.05, 0) is 130 Å². The van der Waals surface area contributed by atoms with Gasteiger partial charge in [0.15, 0.2) is 5.78 Å². The molecule has 11 atom stereocenters. The van der Waals surface area contributed by atoms with E-state index in [0.29, 0.717) is 38.8 Å². The van der Waals surface area contributed by atoms with Crippen LogP contribution in [0, 0.1) is 39.4 Å². The normalized spacial score (nSPS) is 42.2. The lowest BCUT2D eigenvalue weighted by Gasteiger charge is -2.73. The van der Waals surface area contributed by atoms with Gasteiger partial charge in [0.2, 0.25) is 0 Å². The summed E-state index contributed by atoms with van der Waals surface area (Å²) in [6, 6.07) is 5.78. The number of β-amino-alcohol motifs (C(OH)–C–C–N with tert-alkyl or cyclic N) is 1. The molecular weight excluding hydrogens is 640 g/mol. The van der Waals surface area contributed by atoms with Crippen molar-refractivity contribution in [2.75, 3.05) is 13.6 Å². The fourth-order valence-corrected chi connectivity index (χ4v) is 14.2. The number of aromatic hydroxyl groups is 1. The van der Waals surface area contributed by atoms with Crippen LogP contribution < -0.4 is 10.6 Å². The molecule has 8 rings (SSSR count). The lowest BCUT2D eigenvalue weighted by Crippen LogP contribution is -2.74. The molecule has 0 aromatic heterocycles. The van der Waals surface area contributed by atoms with Gasteiger partial charge in [-0.1, -0.05) is 53.2 Å². The van der Waals surface area contributed by atoms with Gasteiger partial charge < -0.3 is 30.7 Å². The van der Waals surface area contributed by atoms with E-state index < -0.39 is 28.6 Å². The average Bonchev–Trinajstić information content (AvgIpc) is 3.61. The van der Waals surface area contributed by atoms with Crippen molar-refractivity contribution in [1.29, 1.82) is 0 Å². The smallest absolute Gasteiger partial charge is 0.159 e. The number of fused-ring (bicyclic) bond motifs is 5. The zero-order chi connectivity index (χ0) is 37.3. The van der Waals surface area contributed by atoms with Crippen LogP contribution in [-0.2, 0) is 26.3 Å². The van der Waals surface area contributed by atoms with Crippen LogP contribution in [0.3, 0.4) is 0 Å². The number of allylic oxidation sites excluding steroid dienone is 2. The summed E-state index contributed by atoms with van der Waals surface area (Å²) in [7, 11) is 1.90. The lowest BCUT2D eigenvalue weighted by atomic mass is 9.32. The van der Waals surface area contributed by atoms with Crippen molar-refractivity contribution in [1.82, 2.24) is 10.6 Å². The second kappa shape index (κ2) is 11.7. The SMILES string of the molecule is CNCc1cc(O)cc([C@]23CC[C@]4(NC[C@H](C)O)C[C@@]5(C)[C@H](CCC6=C([C@H](C)C[C@@H](O)[C@H]7OC7(C)C)C(=O)C[C@@]65C)[C@](C)(C2)[C@@H]4C(C)(C)C3=O)c1. The van der Waals surface area contributed by atoms with Crippen molar-refractivity contribution in [3.05, 3.63) is 40.5 Å². The van der Waals surface area contributed by atoms with E-state index in [4.69, 9.17) is 4.74 Å². The molecule has 8 heteroatoms. The van der Waals surface area contributed by atoms with E-state index in [-0.39, 0.29) is 63.0 Å². The number of benzene rings is 1. The van der Waals surface area contributed by atoms with E-state index in [1.165, 1.54) is 5.57 Å². The lowest BCUT2D eigenvalue weighted by molar-refractivity contribution is -0.213. The highest BCUT2D eigenvalue weighted by Gasteiger charge is 2.78. The Hall–Kier alpha value is -2.10. The third-order valence-electron chi connectivity index (χ3n) is 15.8. The molecule has 282 valence electrons. The van der Waals surface area contributed by atoms with Crippen LogP contribution in [0.4, 0.5) is 0 Å². The average molecular weight is 705 g/mol. The van der Waals surface area contributed by atoms with Crippen molar-refractivity contribution in [2.24, 2.45) is 39.4 Å². The summed E-state index contributed by atoms with van der Waals surface area (Å²) in [5, 5.41) is 40.1. The van der Waals surface area contributed by atoms with E-state index in [9.17, 15) is 20.1 Å². The van der Waals surface area contributed by atoms with Crippen LogP contribution in [0.1, 0.15) is 125 Å². The first-order chi connectivity index (χ1) is 23.6. The van der Waals surface area contributed by atoms with Crippen LogP contribution in [0.5, 0.6) is 5.75 Å². The van der Waals surface area contributed by atoms with Crippen molar-refractivity contribution >= 4 is 11.6 Å². The number of aliphatic hydroxyl groups is 2. The Morgan fingerprint density at radius 1 is 0.980 bits per heavy atom. The number of carbonyl (C=O) groups excluding carboxylic acids is 2. The van der Waals surface area contributed by atoms with Crippen LogP contribution in [-0.4, -0.2) is 69.9 Å². The molecule has 0 radical (unpaired) electrons. The van der Waals surface area contributed by atoms with Crippen molar-refractivity contribution in [3.8, 4) is 5.75 Å². The molecule has 1 heterocycles. The first-order valence-electron chi connectivity index (χ1n) is 19.7. The largest absolute Gasteiger partial charge is 0.508 e. The molecule has 6 aliphatic carbocycles. The van der Waals surface area contributed by atoms with E-state index in [1.807, 2.05) is 33.9 Å². The van der Waals surface area contributed by atoms with Crippen LogP contribution in [0.2, 0.25) is 0 Å². The zero-order valence-corrected chi connectivity index (χ0v) is 32.8. The third-order valence-corrected chi connectivity index (χ3v) is 15.8. The minimum absolute atomic E-state index is 0.0215. The molecule has 5 saturated carbocycles. The predicted octanol–water partition coefficient (Wildman–Crippen LogP) is 6.13. The van der Waals surface area contributed by atoms with Gasteiger partial charge in [-0.3, -0.25) is 9.59 Å². The van der Waals surface area contributed by atoms with Crippen molar-refractivity contribution in [2.45, 2.75) is 155 Å². The maximum absolute atomic E-state index is 15.3. The summed E-state index contributed by atoms with van der Waals surface area (Å²) in [6.07, 6.45) is 4.35. The number of hydrogen-bond acceptors (Lipinski definition) is 8. The quantitative estimate of drug-likeness (QED) is 0.184. The standard InChI is InChI=1S/C43H64N2O6/c1-24(15-30(48)34-38(5,6)51-34)33-29-11-12-32-39(7)22-42(27-16-26(21-44-10)17-28(47)18-27)13-14-43(45-20-25(2)46,35(39)37(3,4)36(42)50)23-41(32,9)40(29,8)19-31(33)49/h16-18,24-25,30,32,34-35,44-48H,11-15,19-23H2,1-10H3/t24-,25+,30-,32-,34-,35+,39+,40+,41+,42+,43+/m1/s1. The topological polar surface area (TPSA) is 131 Å². The second-order valence-corrected chi connectivity index (χ2v) is 19.9. The molecule has 6 fully saturated rings. The number of rotatable bonds is 10. The highest BCUT2D eigenvalue weighted by Crippen LogP contribution is 2.79. The van der Waals surface area contributed by atoms with E-state index in [0.717, 1.165) is 42.4 Å². The van der Waals surface area contributed by atoms with Crippen LogP contribution in [0.15, 0.2) is 29.3 Å². The van der Waals surface area contributed by atoms with Gasteiger partial charge in [0.1, 0.15) is 17.6 Å². The molecule has 1 aromatic carbocycles. The van der Waals surface area contributed by atoms with E-state index in [2.05, 4.69) is 58.2 Å². The van der Waals surface area contributed by atoms with Gasteiger partial charge in [-0.25, -0.2) is 0 Å². The molecule has 0 amide bonds. The first kappa shape index (κ1) is 37.2. The molecule has 1 saturated heterocycles. The summed E-state index contributed by atoms with van der Waals surface area (Å²) in [5.74, 6) is 0.878. The third kappa shape index (κ3) is 5.16. The summed E-state index contributed by atoms with van der Waals surface area (Å²) < 4.78 is 5.78. The Morgan fingerprint density at radius 3 is 2.29 bits per heavy atom. The Morgan fingerprint density at radius 2 is 1.67 bits per heavy atom. The number of hydrogen-bond donors (Lipinski definition) is 5. The molecule has 8 nitrogen and oxygen atoms in total. The fourth-order valence-electron chi connectivity index (χ4n) is 14.2. The van der Waals surface area contributed by atoms with Gasteiger partial charge in [0, 0.05) is 35.9 Å². The van der Waals surface area contributed by atoms with Gasteiger partial charge in [0.25, 0.3) is 0 Å². The monoisotopic (exact) mass is 704 g/mol. The van der Waals surface area contributed by atoms with Crippen LogP contribution >= 0.6 is 0 Å². The minimum atomic E-state index is -0.771. The Kier molecular flexibility index (Phi) is 8.54. The molecule has 1 aliphatic heterocycles. The number of epoxide rings is 1. The summed E-state index contributed by atoms with van der Waals surface area (Å²) in [6.45, 7) is 20.6. The molecule has 0 unspecified atom stereocenters. The highest BCUT2D eigenvalue weighted by atomic mass is 16.6. The highest BCUT2D eigenvalue weighted by molar-refractivity contribution is 6.01. The minimum Gasteiger partial charge on any atom is -0.508 e. The Labute approximate surface area is 305 Å². The number of aliphatic hydroxyl groups excluding tert-OH is 2. The number of phenols is 1. The molecule has 4 bridgehead atoms. The summed E-state index contributed by atoms with van der Waals surface area (Å²) in [4.78, 5) is 29.6. The second-order valence-electron chi connectivity index (χ2n) is 19.9. The Balaban J connectivity index is 1.37. The number of ketones is 2. The van der Waals surface area contributed by atoms with E-state index >= 15 is 4.79 Å². The fraction of sp³-hybridized carbons (Fsp3) is 0.767. The maximum Gasteiger partial charge on any atom is 0.159 e. The van der Waals surface area contributed by atoms with Gasteiger partial charge in [0.05, 0.1) is 23.2 Å². The number of Topliss-reactive ketones (excluding diaryl/α,β-unsaturated/α-hetero) is 2. The predicted molar refractivity (Wildman–Crippen MR) is 198 cm³/mol. The zero-order valence-electron chi connectivity index (χ0n) is 32.8.